The maximum atomic E-state index is 12.9. The zero-order chi connectivity index (χ0) is 19.4. The van der Waals surface area contributed by atoms with Gasteiger partial charge in [0.05, 0.1) is 0 Å². The van der Waals surface area contributed by atoms with E-state index >= 15 is 0 Å². The second kappa shape index (κ2) is 7.55. The minimum absolute atomic E-state index is 0.0516. The van der Waals surface area contributed by atoms with Crippen molar-refractivity contribution in [2.75, 3.05) is 0 Å². The van der Waals surface area contributed by atoms with E-state index in [0.717, 1.165) is 17.5 Å². The van der Waals surface area contributed by atoms with Crippen LogP contribution in [0.5, 0.6) is 11.6 Å². The van der Waals surface area contributed by atoms with Crippen molar-refractivity contribution in [3.05, 3.63) is 75.2 Å². The number of hydrogen-bond donors (Lipinski definition) is 0. The molecule has 6 heteroatoms. The Hall–Kier alpha value is -3.90. The summed E-state index contributed by atoms with van der Waals surface area (Å²) in [5.41, 5.74) is 1.85. The van der Waals surface area contributed by atoms with Gasteiger partial charge in [0.25, 0.3) is 5.56 Å². The monoisotopic (exact) mass is 356 g/mol. The number of benzene rings is 1. The van der Waals surface area contributed by atoms with E-state index in [9.17, 15) is 4.79 Å². The number of rotatable bonds is 4. The Morgan fingerprint density at radius 1 is 1.22 bits per heavy atom. The van der Waals surface area contributed by atoms with Crippen molar-refractivity contribution in [1.29, 1.82) is 10.5 Å². The molecule has 3 aromatic rings. The summed E-state index contributed by atoms with van der Waals surface area (Å²) in [6.07, 6.45) is 3.70. The van der Waals surface area contributed by atoms with Crippen LogP contribution in [0.25, 0.3) is 11.7 Å². The largest absolute Gasteiger partial charge is 0.438 e. The first-order valence-electron chi connectivity index (χ1n) is 8.38. The van der Waals surface area contributed by atoms with Crippen molar-refractivity contribution in [1.82, 2.24) is 9.38 Å². The third-order valence-corrected chi connectivity index (χ3v) is 4.13. The van der Waals surface area contributed by atoms with Gasteiger partial charge in [-0.05, 0) is 48.7 Å². The van der Waals surface area contributed by atoms with E-state index in [-0.39, 0.29) is 17.0 Å². The van der Waals surface area contributed by atoms with Crippen LogP contribution in [-0.2, 0) is 6.42 Å². The van der Waals surface area contributed by atoms with Crippen molar-refractivity contribution in [3.8, 4) is 23.8 Å². The lowest BCUT2D eigenvalue weighted by Gasteiger charge is -2.11. The van der Waals surface area contributed by atoms with Gasteiger partial charge in [-0.3, -0.25) is 9.20 Å². The van der Waals surface area contributed by atoms with Crippen molar-refractivity contribution >= 4 is 11.7 Å². The Bertz CT molecular complexity index is 1160. The third kappa shape index (κ3) is 3.56. The molecule has 0 amide bonds. The number of fused-ring (bicyclic) bond motifs is 1. The maximum absolute atomic E-state index is 12.9. The molecule has 0 saturated carbocycles. The predicted molar refractivity (Wildman–Crippen MR) is 101 cm³/mol. The number of allylic oxidation sites excluding steroid dienone is 1. The summed E-state index contributed by atoms with van der Waals surface area (Å²) in [6, 6.07) is 14.5. The normalized spacial score (nSPS) is 10.1. The smallest absolute Gasteiger partial charge is 0.269 e. The number of ether oxygens (including phenoxy) is 1. The van der Waals surface area contributed by atoms with Crippen LogP contribution < -0.4 is 10.3 Å². The summed E-state index contributed by atoms with van der Waals surface area (Å²) in [7, 11) is 0. The first-order chi connectivity index (χ1) is 13.1. The fourth-order valence-electron chi connectivity index (χ4n) is 2.63. The summed E-state index contributed by atoms with van der Waals surface area (Å²) < 4.78 is 7.23. The third-order valence-electron chi connectivity index (χ3n) is 4.13. The predicted octanol–water partition coefficient (Wildman–Crippen LogP) is 3.79. The van der Waals surface area contributed by atoms with Gasteiger partial charge in [-0.25, -0.2) is 0 Å². The summed E-state index contributed by atoms with van der Waals surface area (Å²) in [5, 5.41) is 18.1. The number of pyridine rings is 1. The highest BCUT2D eigenvalue weighted by molar-refractivity contribution is 5.66. The Morgan fingerprint density at radius 2 is 1.93 bits per heavy atom. The highest BCUT2D eigenvalue weighted by Crippen LogP contribution is 2.25. The average Bonchev–Trinajstić information content (AvgIpc) is 2.69. The van der Waals surface area contributed by atoms with Crippen LogP contribution in [-0.4, -0.2) is 9.38 Å². The Morgan fingerprint density at radius 3 is 2.56 bits per heavy atom. The van der Waals surface area contributed by atoms with Gasteiger partial charge in [-0.2, -0.15) is 15.5 Å². The number of aryl methyl sites for hydroxylation is 2. The van der Waals surface area contributed by atoms with Gasteiger partial charge < -0.3 is 4.74 Å². The fourth-order valence-corrected chi connectivity index (χ4v) is 2.63. The van der Waals surface area contributed by atoms with Crippen LogP contribution in [0.2, 0.25) is 0 Å². The SMILES string of the molecule is CCc1ccc(Oc2nc3c(C)cccn3c(=O)c2C=C(C#N)C#N)cc1. The molecule has 0 aliphatic carbocycles. The summed E-state index contributed by atoms with van der Waals surface area (Å²) in [5.74, 6) is 0.573. The molecule has 1 aromatic carbocycles. The van der Waals surface area contributed by atoms with Gasteiger partial charge in [-0.15, -0.1) is 0 Å². The van der Waals surface area contributed by atoms with Crippen molar-refractivity contribution in [2.24, 2.45) is 0 Å². The van der Waals surface area contributed by atoms with Crippen LogP contribution in [0.3, 0.4) is 0 Å². The molecule has 6 nitrogen and oxygen atoms in total. The number of hydrogen-bond acceptors (Lipinski definition) is 5. The zero-order valence-electron chi connectivity index (χ0n) is 14.9. The minimum atomic E-state index is -0.410. The molecular formula is C21H16N4O2. The van der Waals surface area contributed by atoms with Gasteiger partial charge in [-0.1, -0.05) is 25.1 Å². The molecular weight excluding hydrogens is 340 g/mol. The van der Waals surface area contributed by atoms with Gasteiger partial charge in [0.1, 0.15) is 34.7 Å². The van der Waals surface area contributed by atoms with E-state index in [0.29, 0.717) is 11.4 Å². The molecule has 0 radical (unpaired) electrons. The minimum Gasteiger partial charge on any atom is -0.438 e. The van der Waals surface area contributed by atoms with Crippen molar-refractivity contribution < 1.29 is 4.74 Å². The summed E-state index contributed by atoms with van der Waals surface area (Å²) in [6.45, 7) is 3.89. The first kappa shape index (κ1) is 17.9. The molecule has 0 N–H and O–H groups in total. The van der Waals surface area contributed by atoms with Gasteiger partial charge in [0.2, 0.25) is 5.88 Å². The van der Waals surface area contributed by atoms with Gasteiger partial charge in [0.15, 0.2) is 0 Å². The van der Waals surface area contributed by atoms with E-state index < -0.39 is 5.56 Å². The molecule has 0 unspecified atom stereocenters. The van der Waals surface area contributed by atoms with Crippen molar-refractivity contribution in [3.63, 3.8) is 0 Å². The molecule has 2 aromatic heterocycles. The lowest BCUT2D eigenvalue weighted by Crippen LogP contribution is -2.19. The van der Waals surface area contributed by atoms with Crippen LogP contribution in [0.4, 0.5) is 0 Å². The molecule has 0 atom stereocenters. The quantitative estimate of drug-likeness (QED) is 0.663. The Kier molecular flexibility index (Phi) is 5.01. The molecule has 0 spiro atoms. The highest BCUT2D eigenvalue weighted by Gasteiger charge is 2.15. The standard InChI is InChI=1S/C21H16N4O2/c1-3-15-6-8-17(9-7-15)27-20-18(11-16(12-22)13-23)21(26)25-10-4-5-14(2)19(25)24-20/h4-11H,3H2,1-2H3. The van der Waals surface area contributed by atoms with E-state index in [2.05, 4.69) is 11.9 Å². The summed E-state index contributed by atoms with van der Waals surface area (Å²) in [4.78, 5) is 17.4. The average molecular weight is 356 g/mol. The first-order valence-corrected chi connectivity index (χ1v) is 8.38. The topological polar surface area (TPSA) is 91.2 Å². The Balaban J connectivity index is 2.23. The van der Waals surface area contributed by atoms with Crippen molar-refractivity contribution in [2.45, 2.75) is 20.3 Å². The van der Waals surface area contributed by atoms with E-state index in [1.54, 1.807) is 36.5 Å². The second-order valence-electron chi connectivity index (χ2n) is 5.90. The lowest BCUT2D eigenvalue weighted by atomic mass is 10.1. The number of nitrogens with zero attached hydrogens (tertiary/aromatic N) is 4. The highest BCUT2D eigenvalue weighted by atomic mass is 16.5. The van der Waals surface area contributed by atoms with Crippen LogP contribution in [0.15, 0.2) is 53.0 Å². The van der Waals surface area contributed by atoms with E-state index in [1.807, 2.05) is 25.1 Å². The lowest BCUT2D eigenvalue weighted by molar-refractivity contribution is 0.460. The molecule has 2 heterocycles. The fraction of sp³-hybridized carbons (Fsp3) is 0.143. The van der Waals surface area contributed by atoms with Gasteiger partial charge >= 0.3 is 0 Å². The second-order valence-corrected chi connectivity index (χ2v) is 5.90. The molecule has 27 heavy (non-hydrogen) atoms. The zero-order valence-corrected chi connectivity index (χ0v) is 14.9. The number of aromatic nitrogens is 2. The van der Waals surface area contributed by atoms with E-state index in [4.69, 9.17) is 15.3 Å². The summed E-state index contributed by atoms with van der Waals surface area (Å²) >= 11 is 0. The molecule has 0 bridgehead atoms. The van der Waals surface area contributed by atoms with Crippen LogP contribution in [0.1, 0.15) is 23.6 Å². The molecule has 0 fully saturated rings. The van der Waals surface area contributed by atoms with Crippen LogP contribution in [0, 0.1) is 29.6 Å². The van der Waals surface area contributed by atoms with E-state index in [1.165, 1.54) is 10.5 Å². The molecule has 3 rings (SSSR count). The van der Waals surface area contributed by atoms with Gasteiger partial charge in [0, 0.05) is 6.20 Å². The number of nitriles is 2. The molecule has 0 aliphatic heterocycles. The maximum Gasteiger partial charge on any atom is 0.269 e. The molecule has 0 saturated heterocycles. The Labute approximate surface area is 156 Å². The molecule has 0 aliphatic rings. The van der Waals surface area contributed by atoms with Crippen LogP contribution >= 0.6 is 0 Å². The molecule has 132 valence electrons.